The van der Waals surface area contributed by atoms with Crippen LogP contribution >= 0.6 is 0 Å². The zero-order chi connectivity index (χ0) is 13.6. The molecule has 0 aliphatic rings. The molecule has 2 atom stereocenters. The first-order valence-corrected chi connectivity index (χ1v) is 5.84. The summed E-state index contributed by atoms with van der Waals surface area (Å²) in [5, 5.41) is 2.19. The molecule has 0 heterocycles. The van der Waals surface area contributed by atoms with Crippen LogP contribution in [0.1, 0.15) is 41.0 Å². The van der Waals surface area contributed by atoms with Crippen molar-refractivity contribution in [1.29, 1.82) is 0 Å². The molecule has 0 aromatic carbocycles. The van der Waals surface area contributed by atoms with Crippen LogP contribution in [0.4, 0.5) is 0 Å². The number of carbonyl (C=O) groups excluding carboxylic acids is 3. The molecule has 0 radical (unpaired) electrons. The second-order valence-corrected chi connectivity index (χ2v) is 4.40. The average molecular weight is 243 g/mol. The number of nitrogens with one attached hydrogen (secondary N) is 1. The smallest absolute Gasteiger partial charge is 0.309 e. The first-order valence-electron chi connectivity index (χ1n) is 5.84. The van der Waals surface area contributed by atoms with Gasteiger partial charge in [-0.1, -0.05) is 27.7 Å². The van der Waals surface area contributed by atoms with Gasteiger partial charge in [0, 0.05) is 5.92 Å². The van der Waals surface area contributed by atoms with E-state index in [1.165, 1.54) is 6.92 Å². The van der Waals surface area contributed by atoms with Gasteiger partial charge >= 0.3 is 5.97 Å². The Morgan fingerprint density at radius 1 is 1.06 bits per heavy atom. The molecule has 0 saturated heterocycles. The Bertz CT molecular complexity index is 299. The van der Waals surface area contributed by atoms with Gasteiger partial charge in [-0.25, -0.2) is 0 Å². The van der Waals surface area contributed by atoms with E-state index in [-0.39, 0.29) is 17.7 Å². The van der Waals surface area contributed by atoms with Crippen LogP contribution in [-0.2, 0) is 19.1 Å². The van der Waals surface area contributed by atoms with Crippen LogP contribution in [-0.4, -0.2) is 23.9 Å². The van der Waals surface area contributed by atoms with Gasteiger partial charge in [0.05, 0.1) is 5.92 Å². The van der Waals surface area contributed by atoms with Crippen LogP contribution in [0.3, 0.4) is 0 Å². The van der Waals surface area contributed by atoms with Crippen molar-refractivity contribution in [3.05, 3.63) is 0 Å². The zero-order valence-corrected chi connectivity index (χ0v) is 11.1. The van der Waals surface area contributed by atoms with Gasteiger partial charge in [0.1, 0.15) is 0 Å². The fraction of sp³-hybridized carbons (Fsp3) is 0.750. The van der Waals surface area contributed by atoms with E-state index in [2.05, 4.69) is 5.32 Å². The fourth-order valence-electron chi connectivity index (χ4n) is 0.878. The molecule has 1 N–H and O–H groups in total. The topological polar surface area (TPSA) is 72.5 Å². The molecule has 0 bridgehead atoms. The van der Waals surface area contributed by atoms with Crippen molar-refractivity contribution >= 4 is 17.8 Å². The minimum Gasteiger partial charge on any atom is -0.452 e. The lowest BCUT2D eigenvalue weighted by Gasteiger charge is -2.15. The molecule has 0 aliphatic heterocycles. The van der Waals surface area contributed by atoms with E-state index in [0.29, 0.717) is 6.42 Å². The summed E-state index contributed by atoms with van der Waals surface area (Å²) in [6.07, 6.45) is -0.294. The number of imide groups is 1. The molecule has 0 aromatic heterocycles. The van der Waals surface area contributed by atoms with Gasteiger partial charge in [-0.2, -0.15) is 0 Å². The quantitative estimate of drug-likeness (QED) is 0.738. The lowest BCUT2D eigenvalue weighted by atomic mass is 10.1. The van der Waals surface area contributed by atoms with Gasteiger partial charge < -0.3 is 4.74 Å². The van der Waals surface area contributed by atoms with Crippen LogP contribution in [0, 0.1) is 11.8 Å². The van der Waals surface area contributed by atoms with Crippen molar-refractivity contribution in [1.82, 2.24) is 5.32 Å². The molecular weight excluding hydrogens is 222 g/mol. The van der Waals surface area contributed by atoms with E-state index < -0.39 is 18.0 Å². The third-order valence-electron chi connectivity index (χ3n) is 2.45. The summed E-state index contributed by atoms with van der Waals surface area (Å²) < 4.78 is 4.94. The molecule has 17 heavy (non-hydrogen) atoms. The van der Waals surface area contributed by atoms with E-state index in [4.69, 9.17) is 4.74 Å². The summed E-state index contributed by atoms with van der Waals surface area (Å²) in [6.45, 7) is 8.39. The molecule has 2 amide bonds. The molecule has 5 heteroatoms. The maximum atomic E-state index is 11.5. The van der Waals surface area contributed by atoms with E-state index in [1.807, 2.05) is 6.92 Å². The van der Waals surface area contributed by atoms with Crippen molar-refractivity contribution in [3.8, 4) is 0 Å². The maximum Gasteiger partial charge on any atom is 0.309 e. The normalized spacial score (nSPS) is 14.0. The lowest BCUT2D eigenvalue weighted by molar-refractivity contribution is -0.159. The monoisotopic (exact) mass is 243 g/mol. The zero-order valence-electron chi connectivity index (χ0n) is 11.1. The molecule has 0 aliphatic carbocycles. The average Bonchev–Trinajstić information content (AvgIpc) is 2.27. The Morgan fingerprint density at radius 2 is 1.59 bits per heavy atom. The van der Waals surface area contributed by atoms with Crippen LogP contribution in [0.15, 0.2) is 0 Å². The third kappa shape index (κ3) is 5.47. The summed E-state index contributed by atoms with van der Waals surface area (Å²) >= 11 is 0. The first kappa shape index (κ1) is 15.6. The van der Waals surface area contributed by atoms with Crippen molar-refractivity contribution < 1.29 is 19.1 Å². The second-order valence-electron chi connectivity index (χ2n) is 4.40. The van der Waals surface area contributed by atoms with Crippen LogP contribution < -0.4 is 5.32 Å². The Balaban J connectivity index is 4.23. The molecule has 2 unspecified atom stereocenters. The van der Waals surface area contributed by atoms with Gasteiger partial charge in [0.25, 0.3) is 5.91 Å². The van der Waals surface area contributed by atoms with Gasteiger partial charge in [0.15, 0.2) is 6.10 Å². The van der Waals surface area contributed by atoms with E-state index in [9.17, 15) is 14.4 Å². The number of amides is 2. The van der Waals surface area contributed by atoms with Crippen molar-refractivity contribution in [2.45, 2.75) is 47.1 Å². The predicted molar refractivity (Wildman–Crippen MR) is 63.0 cm³/mol. The van der Waals surface area contributed by atoms with Gasteiger partial charge in [0.2, 0.25) is 5.91 Å². The highest BCUT2D eigenvalue weighted by atomic mass is 16.5. The summed E-state index contributed by atoms with van der Waals surface area (Å²) in [4.78, 5) is 34.2. The number of hydrogen-bond acceptors (Lipinski definition) is 4. The molecular formula is C12H21NO4. The third-order valence-corrected chi connectivity index (χ3v) is 2.45. The second kappa shape index (κ2) is 7.04. The summed E-state index contributed by atoms with van der Waals surface area (Å²) in [5.41, 5.74) is 0. The molecule has 0 aromatic rings. The van der Waals surface area contributed by atoms with Crippen molar-refractivity contribution in [3.63, 3.8) is 0 Å². The minimum absolute atomic E-state index is 0.244. The Kier molecular flexibility index (Phi) is 6.46. The number of hydrogen-bond donors (Lipinski definition) is 1. The van der Waals surface area contributed by atoms with Crippen LogP contribution in [0.2, 0.25) is 0 Å². The highest BCUT2D eigenvalue weighted by molar-refractivity contribution is 5.98. The van der Waals surface area contributed by atoms with Gasteiger partial charge in [-0.05, 0) is 13.3 Å². The number of rotatable bonds is 5. The molecule has 98 valence electrons. The Hall–Kier alpha value is -1.39. The standard InChI is InChI=1S/C12H21NO4/c1-6-8(4)12(16)17-9(5)11(15)13-10(14)7(2)3/h7-9H,6H2,1-5H3,(H,13,14,15). The van der Waals surface area contributed by atoms with Crippen molar-refractivity contribution in [2.75, 3.05) is 0 Å². The van der Waals surface area contributed by atoms with Crippen LogP contribution in [0.5, 0.6) is 0 Å². The van der Waals surface area contributed by atoms with Gasteiger partial charge in [-0.15, -0.1) is 0 Å². The van der Waals surface area contributed by atoms with E-state index in [1.54, 1.807) is 20.8 Å². The van der Waals surface area contributed by atoms with Gasteiger partial charge in [-0.3, -0.25) is 19.7 Å². The van der Waals surface area contributed by atoms with Crippen LogP contribution in [0.25, 0.3) is 0 Å². The highest BCUT2D eigenvalue weighted by Crippen LogP contribution is 2.06. The summed E-state index contributed by atoms with van der Waals surface area (Å²) in [5.74, 6) is -1.91. The molecule has 5 nitrogen and oxygen atoms in total. The highest BCUT2D eigenvalue weighted by Gasteiger charge is 2.22. The number of carbonyl (C=O) groups is 3. The Morgan fingerprint density at radius 3 is 2.00 bits per heavy atom. The Labute approximate surface area is 102 Å². The summed E-state index contributed by atoms with van der Waals surface area (Å²) in [7, 11) is 0. The number of esters is 1. The summed E-state index contributed by atoms with van der Waals surface area (Å²) in [6, 6.07) is 0. The molecule has 0 saturated carbocycles. The minimum atomic E-state index is -0.945. The number of ether oxygens (including phenoxy) is 1. The van der Waals surface area contributed by atoms with Crippen molar-refractivity contribution in [2.24, 2.45) is 11.8 Å². The molecule has 0 rings (SSSR count). The van der Waals surface area contributed by atoms with E-state index in [0.717, 1.165) is 0 Å². The SMILES string of the molecule is CCC(C)C(=O)OC(C)C(=O)NC(=O)C(C)C. The largest absolute Gasteiger partial charge is 0.452 e. The molecule has 0 fully saturated rings. The first-order chi connectivity index (χ1) is 7.79. The van der Waals surface area contributed by atoms with E-state index >= 15 is 0 Å². The molecule has 0 spiro atoms. The maximum absolute atomic E-state index is 11.5. The fourth-order valence-corrected chi connectivity index (χ4v) is 0.878. The lowest BCUT2D eigenvalue weighted by Crippen LogP contribution is -2.41. The predicted octanol–water partition coefficient (Wildman–Crippen LogP) is 1.26.